The first-order valence-electron chi connectivity index (χ1n) is 16.8. The van der Waals surface area contributed by atoms with Crippen molar-refractivity contribution in [2.75, 3.05) is 0 Å². The highest BCUT2D eigenvalue weighted by Gasteiger charge is 2.41. The van der Waals surface area contributed by atoms with E-state index in [1.807, 2.05) is 0 Å². The maximum atomic E-state index is 2.45. The summed E-state index contributed by atoms with van der Waals surface area (Å²) in [6.45, 7) is 0. The number of fused-ring (bicyclic) bond motifs is 14. The smallest absolute Gasteiger partial charge is 0.00805 e. The van der Waals surface area contributed by atoms with Gasteiger partial charge in [0.2, 0.25) is 0 Å². The molecule has 0 nitrogen and oxygen atoms in total. The molecule has 2 aliphatic carbocycles. The van der Waals surface area contributed by atoms with Crippen molar-refractivity contribution in [2.24, 2.45) is 5.92 Å². The molecule has 0 bridgehead atoms. The molecule has 9 aromatic rings. The Hall–Kier alpha value is -5.72. The van der Waals surface area contributed by atoms with E-state index < -0.39 is 0 Å². The molecule has 2 aliphatic rings. The fourth-order valence-electron chi connectivity index (χ4n) is 8.58. The minimum atomic E-state index is 0.677. The predicted octanol–water partition coefficient (Wildman–Crippen LogP) is 13.1. The summed E-state index contributed by atoms with van der Waals surface area (Å²) in [4.78, 5) is 0. The van der Waals surface area contributed by atoms with Gasteiger partial charge in [0.15, 0.2) is 0 Å². The zero-order chi connectivity index (χ0) is 30.6. The molecule has 2 atom stereocenters. The monoisotopic (exact) mass is 594 g/mol. The van der Waals surface area contributed by atoms with Crippen LogP contribution in [0.3, 0.4) is 0 Å². The van der Waals surface area contributed by atoms with Gasteiger partial charge in [-0.3, -0.25) is 0 Å². The van der Waals surface area contributed by atoms with E-state index in [2.05, 4.69) is 158 Å². The van der Waals surface area contributed by atoms with Crippen LogP contribution in [0.4, 0.5) is 0 Å². The maximum Gasteiger partial charge on any atom is -0.00805 e. The topological polar surface area (TPSA) is 0 Å². The Balaban J connectivity index is 1.09. The number of hydrogen-bond acceptors (Lipinski definition) is 0. The van der Waals surface area contributed by atoms with Crippen molar-refractivity contribution in [1.82, 2.24) is 0 Å². The minimum absolute atomic E-state index is 0.677. The first-order chi connectivity index (χ1) is 23.3. The van der Waals surface area contributed by atoms with Crippen LogP contribution in [0.1, 0.15) is 23.5 Å². The Labute approximate surface area is 273 Å². The zero-order valence-electron chi connectivity index (χ0n) is 25.9. The molecule has 0 amide bonds. The molecule has 9 aromatic carbocycles. The van der Waals surface area contributed by atoms with Crippen molar-refractivity contribution in [3.05, 3.63) is 163 Å². The third-order valence-electron chi connectivity index (χ3n) is 11.1. The normalized spacial score (nSPS) is 16.8. The van der Waals surface area contributed by atoms with Crippen LogP contribution in [0.15, 0.2) is 152 Å². The summed E-state index contributed by atoms with van der Waals surface area (Å²) >= 11 is 0. The predicted molar refractivity (Wildman–Crippen MR) is 202 cm³/mol. The standard InChI is InChI=1S/C47H30/c1-2-6-31-23-32(12-9-28(31)5-1)33-13-10-29-15-20-39-38(43(29)24-33)19-16-30-11-14-34(25-44(30)39)35-17-21-40-37-7-3-4-8-41(37)47-42(46(40)26-35)22-18-36-27-45(36)47/h1-26,36,45H,27H2. The van der Waals surface area contributed by atoms with Crippen LogP contribution < -0.4 is 0 Å². The van der Waals surface area contributed by atoms with Crippen molar-refractivity contribution in [3.63, 3.8) is 0 Å². The Morgan fingerprint density at radius 1 is 0.362 bits per heavy atom. The van der Waals surface area contributed by atoms with Gasteiger partial charge in [-0.25, -0.2) is 0 Å². The highest BCUT2D eigenvalue weighted by molar-refractivity contribution is 6.19. The van der Waals surface area contributed by atoms with Gasteiger partial charge in [-0.15, -0.1) is 0 Å². The third kappa shape index (κ3) is 3.76. The van der Waals surface area contributed by atoms with Crippen LogP contribution in [-0.2, 0) is 0 Å². The molecule has 218 valence electrons. The molecule has 0 heteroatoms. The van der Waals surface area contributed by atoms with Crippen LogP contribution in [0, 0.1) is 5.92 Å². The summed E-state index contributed by atoms with van der Waals surface area (Å²) in [6, 6.07) is 54.7. The Kier molecular flexibility index (Phi) is 5.10. The summed E-state index contributed by atoms with van der Waals surface area (Å²) in [5.74, 6) is 1.40. The first kappa shape index (κ1) is 25.5. The van der Waals surface area contributed by atoms with E-state index in [1.54, 1.807) is 5.56 Å². The van der Waals surface area contributed by atoms with E-state index in [0.29, 0.717) is 5.92 Å². The van der Waals surface area contributed by atoms with E-state index >= 15 is 0 Å². The average molecular weight is 595 g/mol. The summed E-state index contributed by atoms with van der Waals surface area (Å²) in [6.07, 6.45) is 6.15. The Morgan fingerprint density at radius 2 is 0.851 bits per heavy atom. The molecular formula is C47H30. The average Bonchev–Trinajstić information content (AvgIpc) is 3.94. The van der Waals surface area contributed by atoms with Gasteiger partial charge in [-0.2, -0.15) is 0 Å². The molecular weight excluding hydrogens is 565 g/mol. The number of hydrogen-bond donors (Lipinski definition) is 0. The van der Waals surface area contributed by atoms with Crippen LogP contribution >= 0.6 is 0 Å². The van der Waals surface area contributed by atoms with E-state index in [1.165, 1.54) is 98.9 Å². The van der Waals surface area contributed by atoms with Gasteiger partial charge in [0.1, 0.15) is 0 Å². The van der Waals surface area contributed by atoms with Gasteiger partial charge < -0.3 is 0 Å². The lowest BCUT2D eigenvalue weighted by atomic mass is 9.85. The molecule has 0 saturated heterocycles. The van der Waals surface area contributed by atoms with Crippen LogP contribution in [0.5, 0.6) is 0 Å². The minimum Gasteiger partial charge on any atom is -0.0802 e. The molecule has 1 fully saturated rings. The third-order valence-corrected chi connectivity index (χ3v) is 11.1. The second-order valence-corrected chi connectivity index (χ2v) is 13.7. The molecule has 0 aliphatic heterocycles. The highest BCUT2D eigenvalue weighted by atomic mass is 14.4. The fraction of sp³-hybridized carbons (Fsp3) is 0.0638. The molecule has 2 unspecified atom stereocenters. The molecule has 1 saturated carbocycles. The molecule has 11 rings (SSSR count). The van der Waals surface area contributed by atoms with Crippen molar-refractivity contribution in [1.29, 1.82) is 0 Å². The first-order valence-corrected chi connectivity index (χ1v) is 16.8. The molecule has 0 heterocycles. The van der Waals surface area contributed by atoms with Gasteiger partial charge in [0.25, 0.3) is 0 Å². The van der Waals surface area contributed by atoms with Crippen molar-refractivity contribution in [3.8, 4) is 22.3 Å². The van der Waals surface area contributed by atoms with E-state index in [0.717, 1.165) is 5.92 Å². The van der Waals surface area contributed by atoms with Crippen molar-refractivity contribution >= 4 is 70.7 Å². The quantitative estimate of drug-likeness (QED) is 0.175. The van der Waals surface area contributed by atoms with Crippen molar-refractivity contribution < 1.29 is 0 Å². The Morgan fingerprint density at radius 3 is 1.57 bits per heavy atom. The summed E-state index contributed by atoms with van der Waals surface area (Å²) in [7, 11) is 0. The van der Waals surface area contributed by atoms with Crippen LogP contribution in [0.2, 0.25) is 0 Å². The van der Waals surface area contributed by atoms with Crippen LogP contribution in [-0.4, -0.2) is 0 Å². The highest BCUT2D eigenvalue weighted by Crippen LogP contribution is 2.56. The van der Waals surface area contributed by atoms with E-state index in [-0.39, 0.29) is 0 Å². The zero-order valence-corrected chi connectivity index (χ0v) is 25.9. The molecule has 0 N–H and O–H groups in total. The lowest BCUT2D eigenvalue weighted by Crippen LogP contribution is -1.97. The van der Waals surface area contributed by atoms with Gasteiger partial charge >= 0.3 is 0 Å². The second-order valence-electron chi connectivity index (χ2n) is 13.7. The van der Waals surface area contributed by atoms with Gasteiger partial charge in [-0.1, -0.05) is 133 Å². The molecule has 47 heavy (non-hydrogen) atoms. The SMILES string of the molecule is C1=CC2CC2c2c1c1cc(-c3ccc4ccc5c6cc(-c7ccc8ccccc8c7)ccc6ccc5c4c3)ccc1c1ccccc21. The van der Waals surface area contributed by atoms with E-state index in [9.17, 15) is 0 Å². The lowest BCUT2D eigenvalue weighted by molar-refractivity contribution is 1.01. The molecule has 0 aromatic heterocycles. The second kappa shape index (κ2) is 9.41. The number of benzene rings is 9. The van der Waals surface area contributed by atoms with Crippen molar-refractivity contribution in [2.45, 2.75) is 12.3 Å². The molecule has 0 spiro atoms. The maximum absolute atomic E-state index is 2.45. The summed E-state index contributed by atoms with van der Waals surface area (Å²) < 4.78 is 0. The van der Waals surface area contributed by atoms with Gasteiger partial charge in [0.05, 0.1) is 0 Å². The summed E-state index contributed by atoms with van der Waals surface area (Å²) in [5.41, 5.74) is 8.05. The van der Waals surface area contributed by atoms with E-state index in [4.69, 9.17) is 0 Å². The fourth-order valence-corrected chi connectivity index (χ4v) is 8.58. The Bertz CT molecular complexity index is 2830. The number of allylic oxidation sites excluding steroid dienone is 1. The van der Waals surface area contributed by atoms with Gasteiger partial charge in [0, 0.05) is 0 Å². The van der Waals surface area contributed by atoms with Crippen LogP contribution in [0.25, 0.3) is 93.0 Å². The summed E-state index contributed by atoms with van der Waals surface area (Å²) in [5, 5.41) is 15.9. The number of rotatable bonds is 2. The van der Waals surface area contributed by atoms with Gasteiger partial charge in [-0.05, 0) is 141 Å². The molecule has 0 radical (unpaired) electrons. The lowest BCUT2D eigenvalue weighted by Gasteiger charge is -2.18. The largest absolute Gasteiger partial charge is 0.0802 e.